The summed E-state index contributed by atoms with van der Waals surface area (Å²) < 4.78 is 5.64. The number of amides is 1. The summed E-state index contributed by atoms with van der Waals surface area (Å²) in [6, 6.07) is 7.65. The van der Waals surface area contributed by atoms with E-state index in [9.17, 15) is 9.90 Å². The quantitative estimate of drug-likeness (QED) is 0.848. The molecule has 0 saturated heterocycles. The molecule has 0 aliphatic carbocycles. The van der Waals surface area contributed by atoms with E-state index in [1.54, 1.807) is 13.8 Å². The zero-order chi connectivity index (χ0) is 16.0. The molecule has 2 N–H and O–H groups in total. The van der Waals surface area contributed by atoms with Crippen LogP contribution in [0.3, 0.4) is 0 Å². The van der Waals surface area contributed by atoms with E-state index in [1.807, 2.05) is 45.0 Å². The summed E-state index contributed by atoms with van der Waals surface area (Å²) in [5, 5.41) is 12.2. The average molecular weight is 293 g/mol. The van der Waals surface area contributed by atoms with Crippen LogP contribution in [0.4, 0.5) is 0 Å². The van der Waals surface area contributed by atoms with Gasteiger partial charge in [-0.25, -0.2) is 0 Å². The van der Waals surface area contributed by atoms with Gasteiger partial charge < -0.3 is 15.2 Å². The average Bonchev–Trinajstić information content (AvgIpc) is 2.35. The van der Waals surface area contributed by atoms with Crippen LogP contribution in [0, 0.1) is 0 Å². The molecule has 0 saturated carbocycles. The number of nitrogens with one attached hydrogen (secondary N) is 1. The van der Waals surface area contributed by atoms with Crippen molar-refractivity contribution in [2.75, 3.05) is 0 Å². The number of ether oxygens (including phenoxy) is 1. The second-order valence-electron chi connectivity index (χ2n) is 6.53. The number of aliphatic hydroxyl groups excluding tert-OH is 1. The van der Waals surface area contributed by atoms with Crippen molar-refractivity contribution in [3.05, 3.63) is 29.8 Å². The molecular formula is C17H27NO3. The van der Waals surface area contributed by atoms with Crippen molar-refractivity contribution >= 4 is 5.91 Å². The van der Waals surface area contributed by atoms with Gasteiger partial charge in [0, 0.05) is 5.54 Å². The Hall–Kier alpha value is -1.55. The molecule has 0 fully saturated rings. The summed E-state index contributed by atoms with van der Waals surface area (Å²) in [5.41, 5.74) is 0.884. The third-order valence-corrected chi connectivity index (χ3v) is 2.95. The second kappa shape index (κ2) is 7.46. The Bertz CT molecular complexity index is 446. The van der Waals surface area contributed by atoms with E-state index in [1.165, 1.54) is 0 Å². The van der Waals surface area contributed by atoms with Crippen LogP contribution < -0.4 is 10.1 Å². The van der Waals surface area contributed by atoms with Crippen LogP contribution in [-0.4, -0.2) is 28.8 Å². The molecule has 0 aliphatic rings. The van der Waals surface area contributed by atoms with Crippen molar-refractivity contribution in [1.29, 1.82) is 0 Å². The standard InChI is InChI=1S/C17H27NO3/c1-12(19)6-7-14-8-10-15(11-9-14)21-13(2)16(20)18-17(3,4)5/h8-13,19H,6-7H2,1-5H3,(H,18,20). The Morgan fingerprint density at radius 3 is 2.29 bits per heavy atom. The lowest BCUT2D eigenvalue weighted by molar-refractivity contribution is -0.128. The lowest BCUT2D eigenvalue weighted by Gasteiger charge is -2.23. The molecule has 0 aromatic heterocycles. The number of carbonyl (C=O) groups excluding carboxylic acids is 1. The van der Waals surface area contributed by atoms with Gasteiger partial charge in [-0.05, 0) is 65.2 Å². The van der Waals surface area contributed by atoms with Gasteiger partial charge in [-0.1, -0.05) is 12.1 Å². The van der Waals surface area contributed by atoms with Crippen LogP contribution >= 0.6 is 0 Å². The summed E-state index contributed by atoms with van der Waals surface area (Å²) in [6.07, 6.45) is 0.748. The fourth-order valence-corrected chi connectivity index (χ4v) is 1.84. The zero-order valence-corrected chi connectivity index (χ0v) is 13.6. The highest BCUT2D eigenvalue weighted by Crippen LogP contribution is 2.16. The number of aryl methyl sites for hydroxylation is 1. The van der Waals surface area contributed by atoms with Crippen LogP contribution in [-0.2, 0) is 11.2 Å². The first-order valence-electron chi connectivity index (χ1n) is 7.43. The molecule has 2 atom stereocenters. The van der Waals surface area contributed by atoms with E-state index in [4.69, 9.17) is 4.74 Å². The van der Waals surface area contributed by atoms with E-state index in [0.717, 1.165) is 18.4 Å². The minimum atomic E-state index is -0.535. The highest BCUT2D eigenvalue weighted by atomic mass is 16.5. The van der Waals surface area contributed by atoms with Crippen molar-refractivity contribution in [3.63, 3.8) is 0 Å². The van der Waals surface area contributed by atoms with Gasteiger partial charge >= 0.3 is 0 Å². The van der Waals surface area contributed by atoms with Gasteiger partial charge in [0.05, 0.1) is 6.10 Å². The smallest absolute Gasteiger partial charge is 0.261 e. The van der Waals surface area contributed by atoms with Crippen LogP contribution in [0.25, 0.3) is 0 Å². The fraction of sp³-hybridized carbons (Fsp3) is 0.588. The molecule has 118 valence electrons. The van der Waals surface area contributed by atoms with Crippen molar-refractivity contribution in [2.24, 2.45) is 0 Å². The molecule has 0 heterocycles. The number of benzene rings is 1. The van der Waals surface area contributed by atoms with Gasteiger partial charge in [-0.3, -0.25) is 4.79 Å². The van der Waals surface area contributed by atoms with Crippen molar-refractivity contribution < 1.29 is 14.6 Å². The number of carbonyl (C=O) groups is 1. The van der Waals surface area contributed by atoms with Gasteiger partial charge in [0.15, 0.2) is 6.10 Å². The Labute approximate surface area is 127 Å². The monoisotopic (exact) mass is 293 g/mol. The molecule has 21 heavy (non-hydrogen) atoms. The molecule has 1 rings (SSSR count). The molecule has 0 aliphatic heterocycles. The van der Waals surface area contributed by atoms with Gasteiger partial charge in [-0.15, -0.1) is 0 Å². The lowest BCUT2D eigenvalue weighted by Crippen LogP contribution is -2.46. The number of hydrogen-bond donors (Lipinski definition) is 2. The molecule has 0 radical (unpaired) electrons. The molecule has 1 aromatic rings. The molecular weight excluding hydrogens is 266 g/mol. The zero-order valence-electron chi connectivity index (χ0n) is 13.6. The topological polar surface area (TPSA) is 58.6 Å². The Morgan fingerprint density at radius 2 is 1.81 bits per heavy atom. The van der Waals surface area contributed by atoms with E-state index in [2.05, 4.69) is 5.32 Å². The predicted octanol–water partition coefficient (Wildman–Crippen LogP) is 2.68. The SMILES string of the molecule is CC(O)CCc1ccc(OC(C)C(=O)NC(C)(C)C)cc1. The van der Waals surface area contributed by atoms with E-state index < -0.39 is 6.10 Å². The van der Waals surface area contributed by atoms with Crippen molar-refractivity contribution in [2.45, 2.75) is 65.2 Å². The third-order valence-electron chi connectivity index (χ3n) is 2.95. The van der Waals surface area contributed by atoms with Gasteiger partial charge in [0.1, 0.15) is 5.75 Å². The molecule has 0 spiro atoms. The lowest BCUT2D eigenvalue weighted by atomic mass is 10.1. The Morgan fingerprint density at radius 1 is 1.24 bits per heavy atom. The molecule has 1 amide bonds. The molecule has 0 bridgehead atoms. The number of hydrogen-bond acceptors (Lipinski definition) is 3. The van der Waals surface area contributed by atoms with Crippen molar-refractivity contribution in [1.82, 2.24) is 5.32 Å². The third kappa shape index (κ3) is 7.14. The molecule has 4 heteroatoms. The maximum absolute atomic E-state index is 11.9. The van der Waals surface area contributed by atoms with E-state index in [-0.39, 0.29) is 17.6 Å². The minimum absolute atomic E-state index is 0.124. The van der Waals surface area contributed by atoms with E-state index in [0.29, 0.717) is 5.75 Å². The molecule has 4 nitrogen and oxygen atoms in total. The normalized spacial score (nSPS) is 14.4. The maximum atomic E-state index is 11.9. The first kappa shape index (κ1) is 17.5. The van der Waals surface area contributed by atoms with E-state index >= 15 is 0 Å². The Balaban J connectivity index is 2.53. The molecule has 1 aromatic carbocycles. The maximum Gasteiger partial charge on any atom is 0.261 e. The van der Waals surface area contributed by atoms with Crippen LogP contribution in [0.2, 0.25) is 0 Å². The summed E-state index contributed by atoms with van der Waals surface area (Å²) in [6.45, 7) is 9.34. The first-order valence-corrected chi connectivity index (χ1v) is 7.43. The summed E-state index contributed by atoms with van der Waals surface area (Å²) in [4.78, 5) is 11.9. The highest BCUT2D eigenvalue weighted by Gasteiger charge is 2.20. The second-order valence-corrected chi connectivity index (χ2v) is 6.53. The molecule has 2 unspecified atom stereocenters. The predicted molar refractivity (Wildman–Crippen MR) is 84.4 cm³/mol. The summed E-state index contributed by atoms with van der Waals surface area (Å²) in [7, 11) is 0. The van der Waals surface area contributed by atoms with Gasteiger partial charge in [0.25, 0.3) is 5.91 Å². The van der Waals surface area contributed by atoms with Crippen LogP contribution in [0.5, 0.6) is 5.75 Å². The largest absolute Gasteiger partial charge is 0.481 e. The van der Waals surface area contributed by atoms with Gasteiger partial charge in [0.2, 0.25) is 0 Å². The van der Waals surface area contributed by atoms with Crippen LogP contribution in [0.1, 0.15) is 46.6 Å². The van der Waals surface area contributed by atoms with Crippen LogP contribution in [0.15, 0.2) is 24.3 Å². The highest BCUT2D eigenvalue weighted by molar-refractivity contribution is 5.81. The minimum Gasteiger partial charge on any atom is -0.481 e. The fourth-order valence-electron chi connectivity index (χ4n) is 1.84. The number of aliphatic hydroxyl groups is 1. The summed E-state index contributed by atoms with van der Waals surface area (Å²) >= 11 is 0. The van der Waals surface area contributed by atoms with Gasteiger partial charge in [-0.2, -0.15) is 0 Å². The summed E-state index contributed by atoms with van der Waals surface area (Å²) in [5.74, 6) is 0.549. The van der Waals surface area contributed by atoms with Crippen molar-refractivity contribution in [3.8, 4) is 5.75 Å². The Kier molecular flexibility index (Phi) is 6.21. The first-order chi connectivity index (χ1) is 9.67. The number of rotatable bonds is 6.